The monoisotopic (exact) mass is 333 g/mol. The fourth-order valence-electron chi connectivity index (χ4n) is 2.55. The highest BCUT2D eigenvalue weighted by Crippen LogP contribution is 2.29. The van der Waals surface area contributed by atoms with Gasteiger partial charge >= 0.3 is 0 Å². The molecule has 0 saturated carbocycles. The van der Waals surface area contributed by atoms with Crippen LogP contribution in [0.3, 0.4) is 0 Å². The van der Waals surface area contributed by atoms with Crippen LogP contribution in [0.2, 0.25) is 0 Å². The molecule has 1 N–H and O–H groups in total. The van der Waals surface area contributed by atoms with Gasteiger partial charge in [-0.2, -0.15) is 0 Å². The normalized spacial score (nSPS) is 21.4. The standard InChI is InChI=1S/C13H19NO5S2/c1-9-6-10(2)13(19-3)12(7-9)21(17,18)14-11-4-5-20(15,16)8-11/h6-7,11,14H,4-5,8H2,1-3H3. The molecule has 0 bridgehead atoms. The lowest BCUT2D eigenvalue weighted by Crippen LogP contribution is -2.35. The predicted octanol–water partition coefficient (Wildman–Crippen LogP) is 0.777. The topological polar surface area (TPSA) is 89.5 Å². The molecule has 1 aliphatic heterocycles. The zero-order valence-electron chi connectivity index (χ0n) is 12.2. The van der Waals surface area contributed by atoms with Crippen molar-refractivity contribution in [3.63, 3.8) is 0 Å². The van der Waals surface area contributed by atoms with Crippen molar-refractivity contribution in [1.29, 1.82) is 0 Å². The molecular formula is C13H19NO5S2. The number of nitrogens with one attached hydrogen (secondary N) is 1. The summed E-state index contributed by atoms with van der Waals surface area (Å²) in [6, 6.07) is 2.78. The first kappa shape index (κ1) is 16.3. The van der Waals surface area contributed by atoms with Crippen LogP contribution in [0.4, 0.5) is 0 Å². The summed E-state index contributed by atoms with van der Waals surface area (Å²) in [5.41, 5.74) is 1.52. The lowest BCUT2D eigenvalue weighted by atomic mass is 10.1. The minimum absolute atomic E-state index is 0.0180. The third kappa shape index (κ3) is 3.56. The quantitative estimate of drug-likeness (QED) is 0.879. The maximum absolute atomic E-state index is 12.5. The van der Waals surface area contributed by atoms with Crippen LogP contribution in [0.25, 0.3) is 0 Å². The summed E-state index contributed by atoms with van der Waals surface area (Å²) in [6.45, 7) is 3.57. The number of benzene rings is 1. The number of methoxy groups -OCH3 is 1. The highest BCUT2D eigenvalue weighted by molar-refractivity contribution is 7.92. The van der Waals surface area contributed by atoms with Gasteiger partial charge in [-0.05, 0) is 37.5 Å². The van der Waals surface area contributed by atoms with Gasteiger partial charge in [-0.3, -0.25) is 0 Å². The molecule has 1 aromatic carbocycles. The lowest BCUT2D eigenvalue weighted by Gasteiger charge is -2.16. The second-order valence-corrected chi connectivity index (χ2v) is 9.25. The molecule has 0 amide bonds. The van der Waals surface area contributed by atoms with E-state index in [9.17, 15) is 16.8 Å². The van der Waals surface area contributed by atoms with Crippen LogP contribution < -0.4 is 9.46 Å². The lowest BCUT2D eigenvalue weighted by molar-refractivity contribution is 0.398. The Bertz CT molecular complexity index is 753. The molecule has 1 heterocycles. The molecular weight excluding hydrogens is 314 g/mol. The predicted molar refractivity (Wildman–Crippen MR) is 79.8 cm³/mol. The first-order valence-corrected chi connectivity index (χ1v) is 9.83. The van der Waals surface area contributed by atoms with Crippen molar-refractivity contribution in [2.45, 2.75) is 31.2 Å². The van der Waals surface area contributed by atoms with Crippen molar-refractivity contribution < 1.29 is 21.6 Å². The van der Waals surface area contributed by atoms with Gasteiger partial charge in [0, 0.05) is 6.04 Å². The number of aryl methyl sites for hydroxylation is 2. The molecule has 118 valence electrons. The van der Waals surface area contributed by atoms with Crippen LogP contribution in [0.15, 0.2) is 17.0 Å². The van der Waals surface area contributed by atoms with Crippen LogP contribution in [-0.4, -0.2) is 41.5 Å². The maximum atomic E-state index is 12.5. The Morgan fingerprint density at radius 2 is 1.95 bits per heavy atom. The fourth-order valence-corrected chi connectivity index (χ4v) is 5.92. The highest BCUT2D eigenvalue weighted by atomic mass is 32.2. The van der Waals surface area contributed by atoms with Crippen LogP contribution in [0.5, 0.6) is 5.75 Å². The number of hydrogen-bond donors (Lipinski definition) is 1. The van der Waals surface area contributed by atoms with Crippen LogP contribution in [-0.2, 0) is 19.9 Å². The molecule has 1 unspecified atom stereocenters. The van der Waals surface area contributed by atoms with Crippen LogP contribution >= 0.6 is 0 Å². The number of rotatable bonds is 4. The van der Waals surface area contributed by atoms with Gasteiger partial charge in [0.2, 0.25) is 10.0 Å². The Balaban J connectivity index is 2.36. The van der Waals surface area contributed by atoms with Crippen molar-refractivity contribution >= 4 is 19.9 Å². The molecule has 0 aromatic heterocycles. The molecule has 6 nitrogen and oxygen atoms in total. The summed E-state index contributed by atoms with van der Waals surface area (Å²) in [7, 11) is -5.55. The fraction of sp³-hybridized carbons (Fsp3) is 0.538. The van der Waals surface area contributed by atoms with Crippen molar-refractivity contribution in [2.75, 3.05) is 18.6 Å². The maximum Gasteiger partial charge on any atom is 0.244 e. The number of hydrogen-bond acceptors (Lipinski definition) is 5. The Morgan fingerprint density at radius 1 is 1.29 bits per heavy atom. The van der Waals surface area contributed by atoms with E-state index in [4.69, 9.17) is 4.74 Å². The van der Waals surface area contributed by atoms with Gasteiger partial charge in [0.1, 0.15) is 10.6 Å². The highest BCUT2D eigenvalue weighted by Gasteiger charge is 2.32. The summed E-state index contributed by atoms with van der Waals surface area (Å²) in [5, 5.41) is 0. The van der Waals surface area contributed by atoms with Gasteiger partial charge < -0.3 is 4.74 Å². The van der Waals surface area contributed by atoms with Gasteiger partial charge in [0.25, 0.3) is 0 Å². The van der Waals surface area contributed by atoms with Crippen molar-refractivity contribution in [3.05, 3.63) is 23.3 Å². The van der Waals surface area contributed by atoms with Crippen LogP contribution in [0.1, 0.15) is 17.5 Å². The molecule has 0 spiro atoms. The van der Waals surface area contributed by atoms with Gasteiger partial charge in [0.15, 0.2) is 9.84 Å². The van der Waals surface area contributed by atoms with Gasteiger partial charge in [0.05, 0.1) is 18.6 Å². The van der Waals surface area contributed by atoms with E-state index < -0.39 is 25.9 Å². The summed E-state index contributed by atoms with van der Waals surface area (Å²) >= 11 is 0. The number of sulfone groups is 1. The van der Waals surface area contributed by atoms with Crippen LogP contribution in [0, 0.1) is 13.8 Å². The van der Waals surface area contributed by atoms with Crippen molar-refractivity contribution in [3.8, 4) is 5.75 Å². The molecule has 21 heavy (non-hydrogen) atoms. The molecule has 1 saturated heterocycles. The summed E-state index contributed by atoms with van der Waals surface area (Å²) in [5.74, 6) is 0.151. The molecule has 1 aliphatic rings. The van der Waals surface area contributed by atoms with E-state index in [0.717, 1.165) is 11.1 Å². The Hall–Kier alpha value is -1.12. The molecule has 1 atom stereocenters. The van der Waals surface area contributed by atoms with Gasteiger partial charge in [-0.25, -0.2) is 21.6 Å². The molecule has 2 rings (SSSR count). The summed E-state index contributed by atoms with van der Waals surface area (Å²) in [4.78, 5) is 0.0480. The molecule has 8 heteroatoms. The Kier molecular flexibility index (Phi) is 4.32. The molecule has 1 aromatic rings. The zero-order chi connectivity index (χ0) is 15.8. The van der Waals surface area contributed by atoms with E-state index in [1.807, 2.05) is 6.07 Å². The van der Waals surface area contributed by atoms with Crippen molar-refractivity contribution in [1.82, 2.24) is 4.72 Å². The van der Waals surface area contributed by atoms with E-state index in [1.165, 1.54) is 13.2 Å². The number of ether oxygens (including phenoxy) is 1. The Morgan fingerprint density at radius 3 is 2.48 bits per heavy atom. The summed E-state index contributed by atoms with van der Waals surface area (Å²) in [6.07, 6.45) is 0.300. The van der Waals surface area contributed by atoms with Gasteiger partial charge in [-0.15, -0.1) is 0 Å². The van der Waals surface area contributed by atoms with E-state index in [1.54, 1.807) is 13.8 Å². The SMILES string of the molecule is COc1c(C)cc(C)cc1S(=O)(=O)NC1CCS(=O)(=O)C1. The van der Waals surface area contributed by atoms with E-state index in [0.29, 0.717) is 6.42 Å². The third-order valence-corrected chi connectivity index (χ3v) is 6.73. The minimum atomic E-state index is -3.82. The van der Waals surface area contributed by atoms with E-state index in [2.05, 4.69) is 4.72 Å². The zero-order valence-corrected chi connectivity index (χ0v) is 13.8. The Labute approximate surface area is 125 Å². The molecule has 1 fully saturated rings. The molecule has 0 aliphatic carbocycles. The second kappa shape index (κ2) is 5.58. The smallest absolute Gasteiger partial charge is 0.244 e. The molecule has 0 radical (unpaired) electrons. The van der Waals surface area contributed by atoms with E-state index in [-0.39, 0.29) is 22.2 Å². The number of sulfonamides is 1. The largest absolute Gasteiger partial charge is 0.495 e. The van der Waals surface area contributed by atoms with Crippen molar-refractivity contribution in [2.24, 2.45) is 0 Å². The average Bonchev–Trinajstić information content (AvgIpc) is 2.67. The second-order valence-electron chi connectivity index (χ2n) is 5.33. The summed E-state index contributed by atoms with van der Waals surface area (Å²) < 4.78 is 55.5. The average molecular weight is 333 g/mol. The third-order valence-electron chi connectivity index (χ3n) is 3.43. The first-order chi connectivity index (χ1) is 9.64. The van der Waals surface area contributed by atoms with E-state index >= 15 is 0 Å². The minimum Gasteiger partial charge on any atom is -0.495 e. The first-order valence-electron chi connectivity index (χ1n) is 6.52. The van der Waals surface area contributed by atoms with Gasteiger partial charge in [-0.1, -0.05) is 6.07 Å².